The largest absolute Gasteiger partial charge is 0.480 e. The summed E-state index contributed by atoms with van der Waals surface area (Å²) in [6.07, 6.45) is 3.85. The predicted molar refractivity (Wildman–Crippen MR) is 78.1 cm³/mol. The lowest BCUT2D eigenvalue weighted by molar-refractivity contribution is -0.144. The molecule has 3 heterocycles. The van der Waals surface area contributed by atoms with Crippen molar-refractivity contribution in [2.75, 3.05) is 32.7 Å². The van der Waals surface area contributed by atoms with E-state index in [0.717, 1.165) is 39.0 Å². The molecule has 3 fully saturated rings. The second-order valence-corrected chi connectivity index (χ2v) is 6.74. The third-order valence-corrected chi connectivity index (χ3v) is 5.25. The van der Waals surface area contributed by atoms with Gasteiger partial charge in [0.25, 0.3) is 0 Å². The quantitative estimate of drug-likeness (QED) is 0.786. The van der Waals surface area contributed by atoms with Crippen molar-refractivity contribution in [2.24, 2.45) is 5.92 Å². The maximum Gasteiger partial charge on any atom is 0.326 e. The number of amides is 2. The lowest BCUT2D eigenvalue weighted by atomic mass is 9.92. The molecular formula is C15H25N3O3. The smallest absolute Gasteiger partial charge is 0.326 e. The number of piperazine rings is 1. The maximum absolute atomic E-state index is 12.7. The van der Waals surface area contributed by atoms with Gasteiger partial charge < -0.3 is 14.9 Å². The zero-order valence-corrected chi connectivity index (χ0v) is 12.7. The van der Waals surface area contributed by atoms with Crippen molar-refractivity contribution in [3.05, 3.63) is 0 Å². The Bertz CT molecular complexity index is 428. The molecule has 6 heteroatoms. The third-order valence-electron chi connectivity index (χ3n) is 5.25. The van der Waals surface area contributed by atoms with Crippen LogP contribution in [0.1, 0.15) is 32.6 Å². The first-order chi connectivity index (χ1) is 10.1. The second-order valence-electron chi connectivity index (χ2n) is 6.74. The topological polar surface area (TPSA) is 64.1 Å². The second kappa shape index (κ2) is 5.83. The molecule has 3 unspecified atom stereocenters. The number of carbonyl (C=O) groups excluding carboxylic acids is 1. The number of hydrogen-bond acceptors (Lipinski definition) is 3. The fourth-order valence-corrected chi connectivity index (χ4v) is 3.95. The van der Waals surface area contributed by atoms with E-state index in [1.54, 1.807) is 4.90 Å². The minimum absolute atomic E-state index is 0.0687. The Morgan fingerprint density at radius 3 is 2.67 bits per heavy atom. The number of carboxylic acids is 1. The van der Waals surface area contributed by atoms with E-state index in [4.69, 9.17) is 0 Å². The summed E-state index contributed by atoms with van der Waals surface area (Å²) in [7, 11) is 0. The van der Waals surface area contributed by atoms with Gasteiger partial charge in [-0.3, -0.25) is 4.90 Å². The Morgan fingerprint density at radius 1 is 1.10 bits per heavy atom. The Balaban J connectivity index is 1.67. The number of aliphatic carboxylic acids is 1. The maximum atomic E-state index is 12.7. The van der Waals surface area contributed by atoms with E-state index in [9.17, 15) is 14.7 Å². The summed E-state index contributed by atoms with van der Waals surface area (Å²) < 4.78 is 0. The van der Waals surface area contributed by atoms with Gasteiger partial charge in [0.05, 0.1) is 0 Å². The zero-order chi connectivity index (χ0) is 15.0. The average molecular weight is 295 g/mol. The van der Waals surface area contributed by atoms with Crippen LogP contribution in [0.3, 0.4) is 0 Å². The van der Waals surface area contributed by atoms with E-state index >= 15 is 0 Å². The fourth-order valence-electron chi connectivity index (χ4n) is 3.95. The normalized spacial score (nSPS) is 33.9. The predicted octanol–water partition coefficient (Wildman–Crippen LogP) is 1.07. The van der Waals surface area contributed by atoms with Crippen molar-refractivity contribution in [1.29, 1.82) is 0 Å². The van der Waals surface area contributed by atoms with E-state index in [0.29, 0.717) is 24.9 Å². The molecule has 0 aliphatic carbocycles. The van der Waals surface area contributed by atoms with Gasteiger partial charge in [-0.1, -0.05) is 6.92 Å². The molecule has 0 bridgehead atoms. The first-order valence-corrected chi connectivity index (χ1v) is 8.08. The molecule has 0 radical (unpaired) electrons. The van der Waals surface area contributed by atoms with Crippen LogP contribution in [0, 0.1) is 5.92 Å². The number of likely N-dealkylation sites (tertiary alicyclic amines) is 1. The fraction of sp³-hybridized carbons (Fsp3) is 0.867. The molecule has 118 valence electrons. The summed E-state index contributed by atoms with van der Waals surface area (Å²) in [5.41, 5.74) is 0. The number of piperidine rings is 1. The van der Waals surface area contributed by atoms with Crippen LogP contribution in [-0.2, 0) is 4.79 Å². The van der Waals surface area contributed by atoms with Crippen LogP contribution in [0.2, 0.25) is 0 Å². The Hall–Kier alpha value is -1.30. The number of fused-ring (bicyclic) bond motifs is 1. The molecule has 0 aromatic carbocycles. The van der Waals surface area contributed by atoms with E-state index in [-0.39, 0.29) is 6.03 Å². The third kappa shape index (κ3) is 2.86. The van der Waals surface area contributed by atoms with E-state index in [2.05, 4.69) is 11.8 Å². The monoisotopic (exact) mass is 295 g/mol. The molecular weight excluding hydrogens is 270 g/mol. The molecule has 0 saturated carbocycles. The Labute approximate surface area is 125 Å². The van der Waals surface area contributed by atoms with Crippen LogP contribution in [0.5, 0.6) is 0 Å². The van der Waals surface area contributed by atoms with Gasteiger partial charge in [0.15, 0.2) is 0 Å². The van der Waals surface area contributed by atoms with Crippen LogP contribution in [0.4, 0.5) is 4.79 Å². The summed E-state index contributed by atoms with van der Waals surface area (Å²) in [5, 5.41) is 9.40. The van der Waals surface area contributed by atoms with Gasteiger partial charge in [-0.2, -0.15) is 0 Å². The summed E-state index contributed by atoms with van der Waals surface area (Å²) in [4.78, 5) is 30.1. The highest BCUT2D eigenvalue weighted by molar-refractivity contribution is 5.83. The number of hydrogen-bond donors (Lipinski definition) is 1. The SMILES string of the molecule is CC1CCN(C(=O)N2CCN3CCCC3C2)C(C(=O)O)C1. The lowest BCUT2D eigenvalue weighted by Gasteiger charge is -2.43. The van der Waals surface area contributed by atoms with Gasteiger partial charge in [0.2, 0.25) is 0 Å². The van der Waals surface area contributed by atoms with Gasteiger partial charge in [-0.05, 0) is 38.1 Å². The first kappa shape index (κ1) is 14.6. The molecule has 1 N–H and O–H groups in total. The number of carboxylic acid groups (broad SMARTS) is 1. The number of carbonyl (C=O) groups is 2. The molecule has 3 rings (SSSR count). The van der Waals surface area contributed by atoms with E-state index in [1.807, 2.05) is 4.90 Å². The highest BCUT2D eigenvalue weighted by Crippen LogP contribution is 2.26. The van der Waals surface area contributed by atoms with E-state index < -0.39 is 12.0 Å². The van der Waals surface area contributed by atoms with Crippen LogP contribution >= 0.6 is 0 Å². The van der Waals surface area contributed by atoms with Crippen molar-refractivity contribution in [3.63, 3.8) is 0 Å². The van der Waals surface area contributed by atoms with Gasteiger partial charge in [-0.15, -0.1) is 0 Å². The molecule has 0 aromatic heterocycles. The standard InChI is InChI=1S/C15H25N3O3/c1-11-4-6-18(13(9-11)14(19)20)15(21)17-8-7-16-5-2-3-12(16)10-17/h11-13H,2-10H2,1H3,(H,19,20). The highest BCUT2D eigenvalue weighted by atomic mass is 16.4. The van der Waals surface area contributed by atoms with Crippen LogP contribution in [0.25, 0.3) is 0 Å². The highest BCUT2D eigenvalue weighted by Gasteiger charge is 2.39. The van der Waals surface area contributed by atoms with E-state index in [1.165, 1.54) is 6.42 Å². The van der Waals surface area contributed by atoms with Crippen molar-refractivity contribution in [2.45, 2.75) is 44.7 Å². The Kier molecular flexibility index (Phi) is 4.06. The molecule has 2 amide bonds. The van der Waals surface area contributed by atoms with Crippen LogP contribution < -0.4 is 0 Å². The molecule has 0 aromatic rings. The summed E-state index contributed by atoms with van der Waals surface area (Å²) >= 11 is 0. The van der Waals surface area contributed by atoms with Gasteiger partial charge >= 0.3 is 12.0 Å². The molecule has 0 spiro atoms. The molecule has 3 aliphatic heterocycles. The zero-order valence-electron chi connectivity index (χ0n) is 12.7. The summed E-state index contributed by atoms with van der Waals surface area (Å²) in [6.45, 7) is 6.20. The van der Waals surface area contributed by atoms with Crippen LogP contribution in [0.15, 0.2) is 0 Å². The Morgan fingerprint density at radius 2 is 1.90 bits per heavy atom. The molecule has 3 aliphatic rings. The molecule has 3 saturated heterocycles. The summed E-state index contributed by atoms with van der Waals surface area (Å²) in [5.74, 6) is -0.490. The van der Waals surface area contributed by atoms with Crippen molar-refractivity contribution >= 4 is 12.0 Å². The van der Waals surface area contributed by atoms with Crippen molar-refractivity contribution < 1.29 is 14.7 Å². The first-order valence-electron chi connectivity index (χ1n) is 8.08. The molecule has 6 nitrogen and oxygen atoms in total. The average Bonchev–Trinajstić information content (AvgIpc) is 2.93. The van der Waals surface area contributed by atoms with Gasteiger partial charge in [-0.25, -0.2) is 9.59 Å². The number of nitrogens with zero attached hydrogens (tertiary/aromatic N) is 3. The minimum Gasteiger partial charge on any atom is -0.480 e. The lowest BCUT2D eigenvalue weighted by Crippen LogP contribution is -2.59. The molecule has 21 heavy (non-hydrogen) atoms. The van der Waals surface area contributed by atoms with Crippen molar-refractivity contribution in [1.82, 2.24) is 14.7 Å². The number of rotatable bonds is 1. The summed E-state index contributed by atoms with van der Waals surface area (Å²) in [6, 6.07) is -0.238. The number of urea groups is 1. The van der Waals surface area contributed by atoms with Crippen molar-refractivity contribution in [3.8, 4) is 0 Å². The molecule has 3 atom stereocenters. The van der Waals surface area contributed by atoms with Crippen LogP contribution in [-0.4, -0.2) is 76.6 Å². The minimum atomic E-state index is -0.866. The van der Waals surface area contributed by atoms with Gasteiger partial charge in [0, 0.05) is 32.2 Å². The van der Waals surface area contributed by atoms with Gasteiger partial charge in [0.1, 0.15) is 6.04 Å².